The summed E-state index contributed by atoms with van der Waals surface area (Å²) >= 11 is 0. The molecular formula is C12H14F3NO4S. The molecule has 1 atom stereocenters. The second-order valence-electron chi connectivity index (χ2n) is 4.80. The van der Waals surface area contributed by atoms with Gasteiger partial charge in [-0.1, -0.05) is 12.1 Å². The number of aryl methyl sites for hydroxylation is 2. The second kappa shape index (κ2) is 5.30. The van der Waals surface area contributed by atoms with E-state index >= 15 is 0 Å². The van der Waals surface area contributed by atoms with Crippen molar-refractivity contribution in [3.05, 3.63) is 29.3 Å². The standard InChI is InChI=1S/C12H14F3NO4S/c1-7-4-5-8(2)9(6-7)21(19,20)16-11(3,10(17)18)12(13,14)15/h4-6,16H,1-3H3,(H,17,18). The van der Waals surface area contributed by atoms with Gasteiger partial charge in [0, 0.05) is 0 Å². The number of hydrogen-bond donors (Lipinski definition) is 2. The Balaban J connectivity index is 3.39. The fraction of sp³-hybridized carbons (Fsp3) is 0.417. The molecule has 118 valence electrons. The first-order valence-electron chi connectivity index (χ1n) is 5.72. The predicted molar refractivity (Wildman–Crippen MR) is 68.3 cm³/mol. The number of benzene rings is 1. The quantitative estimate of drug-likeness (QED) is 0.887. The Morgan fingerprint density at radius 3 is 2.19 bits per heavy atom. The summed E-state index contributed by atoms with van der Waals surface area (Å²) in [4.78, 5) is 10.5. The molecule has 0 aromatic heterocycles. The van der Waals surface area contributed by atoms with Crippen LogP contribution in [0.1, 0.15) is 18.1 Å². The number of carbonyl (C=O) groups is 1. The molecule has 21 heavy (non-hydrogen) atoms. The maximum absolute atomic E-state index is 12.9. The van der Waals surface area contributed by atoms with Crippen LogP contribution in [0.3, 0.4) is 0 Å². The van der Waals surface area contributed by atoms with E-state index in [1.807, 2.05) is 0 Å². The number of rotatable bonds is 4. The Hall–Kier alpha value is -1.61. The molecule has 1 unspecified atom stereocenters. The van der Waals surface area contributed by atoms with Crippen LogP contribution < -0.4 is 4.72 Å². The molecule has 0 fully saturated rings. The molecule has 0 aliphatic carbocycles. The molecule has 1 aromatic carbocycles. The lowest BCUT2D eigenvalue weighted by Gasteiger charge is -2.28. The van der Waals surface area contributed by atoms with Gasteiger partial charge < -0.3 is 5.11 Å². The highest BCUT2D eigenvalue weighted by atomic mass is 32.2. The number of sulfonamides is 1. The van der Waals surface area contributed by atoms with Gasteiger partial charge in [0.05, 0.1) is 4.90 Å². The monoisotopic (exact) mass is 325 g/mol. The number of nitrogens with one attached hydrogen (secondary N) is 1. The van der Waals surface area contributed by atoms with E-state index in [-0.39, 0.29) is 17.4 Å². The van der Waals surface area contributed by atoms with Gasteiger partial charge in [-0.15, -0.1) is 0 Å². The average Bonchev–Trinajstić information content (AvgIpc) is 2.29. The number of carboxylic acid groups (broad SMARTS) is 1. The summed E-state index contributed by atoms with van der Waals surface area (Å²) in [6.45, 7) is 3.23. The van der Waals surface area contributed by atoms with Crippen LogP contribution in [-0.2, 0) is 14.8 Å². The summed E-state index contributed by atoms with van der Waals surface area (Å²) in [5, 5.41) is 8.76. The van der Waals surface area contributed by atoms with Crippen molar-refractivity contribution in [1.29, 1.82) is 0 Å². The van der Waals surface area contributed by atoms with Crippen molar-refractivity contribution in [1.82, 2.24) is 4.72 Å². The van der Waals surface area contributed by atoms with Crippen molar-refractivity contribution >= 4 is 16.0 Å². The van der Waals surface area contributed by atoms with E-state index in [0.717, 1.165) is 0 Å². The van der Waals surface area contributed by atoms with Crippen LogP contribution in [0.5, 0.6) is 0 Å². The smallest absolute Gasteiger partial charge is 0.418 e. The molecule has 0 heterocycles. The third-order valence-corrected chi connectivity index (χ3v) is 4.66. The summed E-state index contributed by atoms with van der Waals surface area (Å²) in [7, 11) is -4.65. The fourth-order valence-corrected chi connectivity index (χ4v) is 3.23. The lowest BCUT2D eigenvalue weighted by molar-refractivity contribution is -0.201. The van der Waals surface area contributed by atoms with E-state index in [4.69, 9.17) is 5.11 Å². The van der Waals surface area contributed by atoms with E-state index in [1.54, 1.807) is 13.0 Å². The third-order valence-electron chi connectivity index (χ3n) is 2.97. The van der Waals surface area contributed by atoms with Gasteiger partial charge in [0.2, 0.25) is 15.6 Å². The van der Waals surface area contributed by atoms with Gasteiger partial charge in [0.25, 0.3) is 0 Å². The SMILES string of the molecule is Cc1ccc(C)c(S(=O)(=O)NC(C)(C(=O)O)C(F)(F)F)c1. The van der Waals surface area contributed by atoms with Crippen molar-refractivity contribution < 1.29 is 31.5 Å². The van der Waals surface area contributed by atoms with E-state index in [1.165, 1.54) is 23.8 Å². The number of alkyl halides is 3. The zero-order chi connectivity index (χ0) is 16.6. The lowest BCUT2D eigenvalue weighted by atomic mass is 10.0. The minimum Gasteiger partial charge on any atom is -0.480 e. The van der Waals surface area contributed by atoms with Crippen molar-refractivity contribution in [2.45, 2.75) is 37.4 Å². The van der Waals surface area contributed by atoms with Gasteiger partial charge in [0.15, 0.2) is 0 Å². The maximum Gasteiger partial charge on any atom is 0.418 e. The molecule has 0 radical (unpaired) electrons. The molecular weight excluding hydrogens is 311 g/mol. The molecule has 9 heteroatoms. The van der Waals surface area contributed by atoms with Crippen LogP contribution >= 0.6 is 0 Å². The molecule has 1 rings (SSSR count). The van der Waals surface area contributed by atoms with Crippen molar-refractivity contribution in [2.75, 3.05) is 0 Å². The minimum absolute atomic E-state index is 0.211. The van der Waals surface area contributed by atoms with E-state index < -0.39 is 27.7 Å². The Labute approximate surface area is 119 Å². The van der Waals surface area contributed by atoms with Crippen molar-refractivity contribution in [3.8, 4) is 0 Å². The van der Waals surface area contributed by atoms with Crippen LogP contribution in [0.4, 0.5) is 13.2 Å². The first-order valence-corrected chi connectivity index (χ1v) is 7.21. The molecule has 0 saturated carbocycles. The molecule has 0 spiro atoms. The van der Waals surface area contributed by atoms with E-state index in [9.17, 15) is 26.4 Å². The van der Waals surface area contributed by atoms with Gasteiger partial charge in [0.1, 0.15) is 0 Å². The first kappa shape index (κ1) is 17.4. The summed E-state index contributed by atoms with van der Waals surface area (Å²) in [6, 6.07) is 4.19. The van der Waals surface area contributed by atoms with E-state index in [0.29, 0.717) is 5.56 Å². The molecule has 0 saturated heterocycles. The average molecular weight is 325 g/mol. The van der Waals surface area contributed by atoms with Crippen LogP contribution in [0, 0.1) is 13.8 Å². The lowest BCUT2D eigenvalue weighted by Crippen LogP contribution is -2.61. The summed E-state index contributed by atoms with van der Waals surface area (Å²) in [5.74, 6) is -2.33. The normalized spacial score (nSPS) is 15.5. The Kier molecular flexibility index (Phi) is 4.40. The minimum atomic E-state index is -5.29. The Morgan fingerprint density at radius 1 is 1.24 bits per heavy atom. The molecule has 5 nitrogen and oxygen atoms in total. The Bertz CT molecular complexity index is 670. The maximum atomic E-state index is 12.9. The number of hydrogen-bond acceptors (Lipinski definition) is 3. The highest BCUT2D eigenvalue weighted by Crippen LogP contribution is 2.32. The Morgan fingerprint density at radius 2 is 1.76 bits per heavy atom. The van der Waals surface area contributed by atoms with Gasteiger partial charge in [-0.25, -0.2) is 13.2 Å². The molecule has 0 aliphatic rings. The van der Waals surface area contributed by atoms with Crippen molar-refractivity contribution in [2.24, 2.45) is 0 Å². The van der Waals surface area contributed by atoms with Gasteiger partial charge in [-0.2, -0.15) is 17.9 Å². The van der Waals surface area contributed by atoms with Gasteiger partial charge >= 0.3 is 12.1 Å². The molecule has 1 aromatic rings. The first-order chi connectivity index (χ1) is 9.31. The molecule has 0 amide bonds. The van der Waals surface area contributed by atoms with Crippen LogP contribution in [0.15, 0.2) is 23.1 Å². The topological polar surface area (TPSA) is 83.5 Å². The molecule has 0 bridgehead atoms. The van der Waals surface area contributed by atoms with Gasteiger partial charge in [-0.3, -0.25) is 0 Å². The summed E-state index contributed by atoms with van der Waals surface area (Å²) in [6.07, 6.45) is -5.29. The van der Waals surface area contributed by atoms with Crippen LogP contribution in [0.25, 0.3) is 0 Å². The van der Waals surface area contributed by atoms with Crippen LogP contribution in [0.2, 0.25) is 0 Å². The third kappa shape index (κ3) is 3.35. The fourth-order valence-electron chi connectivity index (χ4n) is 1.54. The molecule has 2 N–H and O–H groups in total. The largest absolute Gasteiger partial charge is 0.480 e. The second-order valence-corrected chi connectivity index (χ2v) is 6.45. The number of carboxylic acids is 1. The highest BCUT2D eigenvalue weighted by molar-refractivity contribution is 7.89. The number of aliphatic carboxylic acids is 1. The zero-order valence-electron chi connectivity index (χ0n) is 11.4. The van der Waals surface area contributed by atoms with Gasteiger partial charge in [-0.05, 0) is 38.0 Å². The number of halogens is 3. The molecule has 0 aliphatic heterocycles. The summed E-state index contributed by atoms with van der Waals surface area (Å²) < 4.78 is 64.1. The van der Waals surface area contributed by atoms with Crippen LogP contribution in [-0.4, -0.2) is 31.2 Å². The van der Waals surface area contributed by atoms with Crippen molar-refractivity contribution in [3.63, 3.8) is 0 Å². The summed E-state index contributed by atoms with van der Waals surface area (Å²) in [5.41, 5.74) is -2.88. The predicted octanol–water partition coefficient (Wildman–Crippen LogP) is 1.99. The highest BCUT2D eigenvalue weighted by Gasteiger charge is 2.59. The zero-order valence-corrected chi connectivity index (χ0v) is 12.3. The van der Waals surface area contributed by atoms with E-state index in [2.05, 4.69) is 0 Å².